The number of hydrogen-bond acceptors (Lipinski definition) is 3. The van der Waals surface area contributed by atoms with E-state index >= 15 is 0 Å². The van der Waals surface area contributed by atoms with E-state index in [9.17, 15) is 0 Å². The molecule has 0 saturated carbocycles. The maximum absolute atomic E-state index is 4.28. The van der Waals surface area contributed by atoms with Gasteiger partial charge >= 0.3 is 0 Å². The Morgan fingerprint density at radius 1 is 0.179 bits per heavy atom. The van der Waals surface area contributed by atoms with Crippen LogP contribution in [0.3, 0.4) is 0 Å². The zero-order valence-corrected chi connectivity index (χ0v) is 80.7. The van der Waals surface area contributed by atoms with Gasteiger partial charge in [-0.25, -0.2) is 0 Å². The van der Waals surface area contributed by atoms with Gasteiger partial charge in [0.15, 0.2) is 0 Å². The summed E-state index contributed by atoms with van der Waals surface area (Å²) in [6.45, 7) is 90.3. The number of nitrogens with one attached hydrogen (secondary N) is 2. The highest BCUT2D eigenvalue weighted by atomic mass is 15.1. The van der Waals surface area contributed by atoms with Crippen molar-refractivity contribution in [1.29, 1.82) is 0 Å². The van der Waals surface area contributed by atoms with Crippen LogP contribution in [0.5, 0.6) is 0 Å². The van der Waals surface area contributed by atoms with Gasteiger partial charge in [0, 0.05) is 44.1 Å². The molecule has 0 aromatic heterocycles. The summed E-state index contributed by atoms with van der Waals surface area (Å²) in [7, 11) is 0. The first kappa shape index (κ1) is 93.4. The van der Waals surface area contributed by atoms with Crippen LogP contribution in [-0.2, 0) is 6.42 Å². The predicted molar refractivity (Wildman–Crippen MR) is 523 cm³/mol. The average molecular weight is 1570 g/mol. The van der Waals surface area contributed by atoms with Crippen LogP contribution in [0.4, 0.5) is 11.4 Å². The minimum atomic E-state index is 0.337. The van der Waals surface area contributed by atoms with Crippen molar-refractivity contribution in [3.63, 3.8) is 0 Å². The van der Waals surface area contributed by atoms with Gasteiger partial charge in [-0.15, -0.1) is 0 Å². The zero-order chi connectivity index (χ0) is 86.5. The van der Waals surface area contributed by atoms with Crippen LogP contribution in [0.1, 0.15) is 461 Å². The van der Waals surface area contributed by atoms with Crippen LogP contribution in [0.25, 0.3) is 66.8 Å². The topological polar surface area (TPSA) is 27.3 Å². The van der Waals surface area contributed by atoms with Crippen LogP contribution in [0.15, 0.2) is 127 Å². The molecule has 0 fully saturated rings. The molecule has 9 aromatic rings. The smallest absolute Gasteiger partial charge is 0.0353 e. The van der Waals surface area contributed by atoms with Crippen molar-refractivity contribution in [2.24, 2.45) is 0 Å². The third-order valence-corrected chi connectivity index (χ3v) is 25.6. The van der Waals surface area contributed by atoms with E-state index in [1.54, 1.807) is 0 Å². The fraction of sp³-hybridized carbons (Fsp3) is 0.526. The van der Waals surface area contributed by atoms with Gasteiger partial charge in [0.1, 0.15) is 0 Å². The molecule has 0 spiro atoms. The van der Waals surface area contributed by atoms with E-state index in [-0.39, 0.29) is 0 Å². The Bertz CT molecular complexity index is 4200. The van der Waals surface area contributed by atoms with E-state index in [2.05, 4.69) is 392 Å². The molecule has 0 radical (unpaired) electrons. The van der Waals surface area contributed by atoms with Gasteiger partial charge in [-0.05, 0) is 328 Å². The molecule has 0 bridgehead atoms. The van der Waals surface area contributed by atoms with Gasteiger partial charge in [0.25, 0.3) is 0 Å². The molecule has 0 atom stereocenters. The van der Waals surface area contributed by atoms with Crippen molar-refractivity contribution in [3.8, 4) is 66.8 Å². The molecule has 9 rings (SSSR count). The number of anilines is 2. The fourth-order valence-corrected chi connectivity index (χ4v) is 18.2. The third-order valence-electron chi connectivity index (χ3n) is 25.6. The molecule has 9 aromatic carbocycles. The van der Waals surface area contributed by atoms with Crippen molar-refractivity contribution in [3.05, 3.63) is 233 Å². The van der Waals surface area contributed by atoms with Gasteiger partial charge in [-0.1, -0.05) is 334 Å². The first-order valence-corrected chi connectivity index (χ1v) is 46.6. The molecule has 3 nitrogen and oxygen atoms in total. The normalized spacial score (nSPS) is 12.6. The summed E-state index contributed by atoms with van der Waals surface area (Å²) in [6, 6.07) is 53.7. The molecule has 117 heavy (non-hydrogen) atoms. The molecule has 3 heteroatoms. The van der Waals surface area contributed by atoms with E-state index in [0.717, 1.165) is 39.1 Å². The summed E-state index contributed by atoms with van der Waals surface area (Å²) in [6.07, 6.45) is 0.894. The van der Waals surface area contributed by atoms with Gasteiger partial charge in [-0.2, -0.15) is 0 Å². The number of rotatable bonds is 35. The first-order chi connectivity index (χ1) is 54.9. The zero-order valence-electron chi connectivity index (χ0n) is 80.7. The van der Waals surface area contributed by atoms with Crippen molar-refractivity contribution in [2.45, 2.75) is 362 Å². The molecular formula is C114H161N3. The third kappa shape index (κ3) is 21.8. The van der Waals surface area contributed by atoms with E-state index < -0.39 is 0 Å². The molecule has 0 saturated heterocycles. The highest BCUT2D eigenvalue weighted by molar-refractivity contribution is 5.88. The maximum atomic E-state index is 4.28. The molecule has 0 heterocycles. The molecule has 0 unspecified atom stereocenters. The Kier molecular flexibility index (Phi) is 31.8. The summed E-state index contributed by atoms with van der Waals surface area (Å²) in [5, 5.41) is 8.55. The predicted octanol–water partition coefficient (Wildman–Crippen LogP) is 35.0. The Labute approximate surface area is 717 Å². The molecule has 2 N–H and O–H groups in total. The van der Waals surface area contributed by atoms with Crippen LogP contribution in [0.2, 0.25) is 0 Å². The molecule has 0 aliphatic heterocycles. The maximum Gasteiger partial charge on any atom is 0.0353 e. The first-order valence-electron chi connectivity index (χ1n) is 46.6. The molecule has 0 aliphatic rings. The highest BCUT2D eigenvalue weighted by Gasteiger charge is 2.29. The van der Waals surface area contributed by atoms with Crippen molar-refractivity contribution < 1.29 is 0 Å². The van der Waals surface area contributed by atoms with Gasteiger partial charge in [0.05, 0.1) is 0 Å². The summed E-state index contributed by atoms with van der Waals surface area (Å²) < 4.78 is 0. The van der Waals surface area contributed by atoms with Gasteiger partial charge in [-0.3, -0.25) is 4.90 Å². The van der Waals surface area contributed by atoms with Gasteiger partial charge < -0.3 is 10.6 Å². The second-order valence-corrected chi connectivity index (χ2v) is 41.2. The second kappa shape index (κ2) is 39.8. The second-order valence-electron chi connectivity index (χ2n) is 41.2. The molecule has 0 amide bonds. The lowest BCUT2D eigenvalue weighted by molar-refractivity contribution is 0.298. The Morgan fingerprint density at radius 2 is 0.333 bits per heavy atom. The van der Waals surface area contributed by atoms with Gasteiger partial charge in [0.2, 0.25) is 0 Å². The van der Waals surface area contributed by atoms with E-state index in [4.69, 9.17) is 0 Å². The lowest BCUT2D eigenvalue weighted by atomic mass is 9.78. The Morgan fingerprint density at radius 3 is 0.479 bits per heavy atom. The van der Waals surface area contributed by atoms with E-state index in [0.29, 0.717) is 107 Å². The largest absolute Gasteiger partial charge is 0.384 e. The highest BCUT2D eigenvalue weighted by Crippen LogP contribution is 2.50. The van der Waals surface area contributed by atoms with E-state index in [1.807, 2.05) is 0 Å². The van der Waals surface area contributed by atoms with Crippen molar-refractivity contribution in [1.82, 2.24) is 4.90 Å². The number of nitrogens with zero attached hydrogens (tertiary/aromatic N) is 1. The lowest BCUT2D eigenvalue weighted by Crippen LogP contribution is -2.35. The molecule has 632 valence electrons. The van der Waals surface area contributed by atoms with Crippen LogP contribution < -0.4 is 10.6 Å². The van der Waals surface area contributed by atoms with Crippen molar-refractivity contribution >= 4 is 11.4 Å². The summed E-state index contributed by atoms with van der Waals surface area (Å²) in [4.78, 5) is 2.79. The SMILES string of the molecule is CC(C)c1cc(C(C)C)c(-c2cc(CCN(CCNc3cc(-c4c(C(C)C)cc(C(C)C)cc4C(C)C)cc(-c4c(C(C)C)cc(C(C)C)cc4C(C)C)c3)CCNc3cc(-c4c(C(C)C)cc(C(C)C)cc4C(C)C)cc(-c4c(C(C)C)cc(C(C)C)cc4C(C)C)c3)cc(-c3c(C(C)C)cc(C(C)C)cc3C(C)C)c2)c(C(C)C)c1. The molecular weight excluding hydrogens is 1410 g/mol. The lowest BCUT2D eigenvalue weighted by Gasteiger charge is -2.28. The molecule has 0 aliphatic carbocycles. The Hall–Kier alpha value is -7.46. The van der Waals surface area contributed by atoms with Crippen LogP contribution in [-0.4, -0.2) is 37.6 Å². The van der Waals surface area contributed by atoms with Crippen molar-refractivity contribution in [2.75, 3.05) is 43.4 Å². The number of benzene rings is 9. The minimum Gasteiger partial charge on any atom is -0.384 e. The van der Waals surface area contributed by atoms with Crippen LogP contribution >= 0.6 is 0 Å². The summed E-state index contributed by atoms with van der Waals surface area (Å²) in [5.74, 6) is 6.62. The summed E-state index contributed by atoms with van der Waals surface area (Å²) >= 11 is 0. The minimum absolute atomic E-state index is 0.337. The van der Waals surface area contributed by atoms with E-state index in [1.165, 1.54) is 184 Å². The summed E-state index contributed by atoms with van der Waals surface area (Å²) in [5.41, 5.74) is 46.1. The fourth-order valence-electron chi connectivity index (χ4n) is 18.2. The average Bonchev–Trinajstić information content (AvgIpc) is 0.764. The number of hydrogen-bond donors (Lipinski definition) is 2. The Balaban J connectivity index is 1.28. The standard InChI is InChI=1S/C114H161N3/c1-64(2)83-52-97(70(13)14)109(98(53-83)71(15)16)89-43-82(44-90(45-89)110-99(72(17)18)54-84(65(3)4)55-100(110)73(19)20)37-40-117(41-38-115-95-48-91(111-101(74(21)22)56-85(66(5)6)57-102(111)75(23)24)46-92(49-95)112-103(76(25)26)58-86(67(7)8)59-104(112)77(27)28)42-39-116-96-50-93(113-105(78(29)30)60-87(68(9)10)61-106(113)79(31)32)47-94(51-96)114-107(80(33)34)62-88(69(11)12)63-108(114)81(35)36/h43-81,115-116H,37-42H2,1-36H3. The van der Waals surface area contributed by atoms with Crippen LogP contribution in [0, 0.1) is 0 Å². The monoisotopic (exact) mass is 1570 g/mol. The quantitative estimate of drug-likeness (QED) is 0.0415.